The van der Waals surface area contributed by atoms with Gasteiger partial charge in [-0.05, 0) is 36.7 Å². The van der Waals surface area contributed by atoms with Gasteiger partial charge in [0.1, 0.15) is 11.8 Å². The highest BCUT2D eigenvalue weighted by Gasteiger charge is 2.30. The lowest BCUT2D eigenvalue weighted by Crippen LogP contribution is -3.00. The zero-order valence-electron chi connectivity index (χ0n) is 20.6. The van der Waals surface area contributed by atoms with Crippen LogP contribution in [0.1, 0.15) is 38.0 Å². The Hall–Kier alpha value is -1.97. The summed E-state index contributed by atoms with van der Waals surface area (Å²) in [6, 6.07) is 10.9. The summed E-state index contributed by atoms with van der Waals surface area (Å²) >= 11 is 1.65. The van der Waals surface area contributed by atoms with Gasteiger partial charge >= 0.3 is 0 Å². The van der Waals surface area contributed by atoms with Gasteiger partial charge in [0, 0.05) is 41.6 Å². The summed E-state index contributed by atoms with van der Waals surface area (Å²) in [4.78, 5) is 12.3. The van der Waals surface area contributed by atoms with Gasteiger partial charge in [-0.3, -0.25) is 4.90 Å². The number of aromatic nitrogens is 3. The van der Waals surface area contributed by atoms with Gasteiger partial charge in [0.05, 0.1) is 11.8 Å². The highest BCUT2D eigenvalue weighted by molar-refractivity contribution is 7.99. The van der Waals surface area contributed by atoms with Crippen molar-refractivity contribution < 1.29 is 26.1 Å². The largest absolute Gasteiger partial charge is 1.00 e. The number of pyridine rings is 1. The number of methoxy groups -OCH3 is 1. The molecular formula is C25H32ClN4O2SSi. The third-order valence-corrected chi connectivity index (χ3v) is 7.12. The van der Waals surface area contributed by atoms with E-state index in [1.165, 1.54) is 11.1 Å². The Labute approximate surface area is 214 Å². The van der Waals surface area contributed by atoms with Crippen LogP contribution in [0.15, 0.2) is 65.0 Å². The van der Waals surface area contributed by atoms with E-state index >= 15 is 0 Å². The Morgan fingerprint density at radius 1 is 1.15 bits per heavy atom. The zero-order valence-corrected chi connectivity index (χ0v) is 23.2. The summed E-state index contributed by atoms with van der Waals surface area (Å²) in [5.74, 6) is 0.838. The van der Waals surface area contributed by atoms with Gasteiger partial charge < -0.3 is 21.6 Å². The van der Waals surface area contributed by atoms with E-state index < -0.39 is 9.04 Å². The van der Waals surface area contributed by atoms with Gasteiger partial charge in [0.2, 0.25) is 9.04 Å². The highest BCUT2D eigenvalue weighted by atomic mass is 35.5. The van der Waals surface area contributed by atoms with Crippen molar-refractivity contribution in [2.75, 3.05) is 18.7 Å². The predicted octanol–water partition coefficient (Wildman–Crippen LogP) is 2.38. The van der Waals surface area contributed by atoms with E-state index in [4.69, 9.17) is 9.16 Å². The molecule has 6 nitrogen and oxygen atoms in total. The lowest BCUT2D eigenvalue weighted by atomic mass is 9.85. The minimum absolute atomic E-state index is 0. The van der Waals surface area contributed by atoms with Crippen molar-refractivity contribution in [1.29, 1.82) is 0 Å². The lowest BCUT2D eigenvalue weighted by Gasteiger charge is -2.32. The van der Waals surface area contributed by atoms with Gasteiger partial charge in [0.15, 0.2) is 24.8 Å². The Bertz CT molecular complexity index is 1130. The molecule has 4 rings (SSSR count). The van der Waals surface area contributed by atoms with E-state index in [0.717, 1.165) is 28.0 Å². The molecule has 0 fully saturated rings. The molecule has 0 spiro atoms. The maximum atomic E-state index is 6.41. The van der Waals surface area contributed by atoms with E-state index in [1.54, 1.807) is 31.3 Å². The second-order valence-electron chi connectivity index (χ2n) is 9.52. The Morgan fingerprint density at radius 3 is 2.62 bits per heavy atom. The second kappa shape index (κ2) is 11.2. The minimum atomic E-state index is -0.819. The van der Waals surface area contributed by atoms with Crippen molar-refractivity contribution in [2.24, 2.45) is 5.41 Å². The number of hydrogen-bond acceptors (Lipinski definition) is 6. The monoisotopic (exact) mass is 515 g/mol. The van der Waals surface area contributed by atoms with Crippen molar-refractivity contribution in [3.8, 4) is 0 Å². The summed E-state index contributed by atoms with van der Waals surface area (Å²) in [6.45, 7) is 12.3. The van der Waals surface area contributed by atoms with Crippen LogP contribution in [0.4, 0.5) is 11.5 Å². The molecule has 1 aliphatic heterocycles. The fraction of sp³-hybridized carbons (Fsp3) is 0.400. The van der Waals surface area contributed by atoms with Crippen molar-refractivity contribution in [3.63, 3.8) is 0 Å². The summed E-state index contributed by atoms with van der Waals surface area (Å²) in [7, 11) is 0.885. The van der Waals surface area contributed by atoms with E-state index in [0.29, 0.717) is 6.73 Å². The van der Waals surface area contributed by atoms with Crippen molar-refractivity contribution >= 4 is 32.3 Å². The first-order valence-electron chi connectivity index (χ1n) is 11.1. The van der Waals surface area contributed by atoms with E-state index in [9.17, 15) is 0 Å². The molecule has 3 heterocycles. The molecule has 3 aromatic rings. The van der Waals surface area contributed by atoms with Crippen LogP contribution in [-0.2, 0) is 15.7 Å². The summed E-state index contributed by atoms with van der Waals surface area (Å²) in [5, 5.41) is 0.901. The highest BCUT2D eigenvalue weighted by Crippen LogP contribution is 2.46. The van der Waals surface area contributed by atoms with Crippen LogP contribution in [0.2, 0.25) is 13.1 Å². The topological polar surface area (TPSA) is 51.4 Å². The normalized spacial score (nSPS) is 13.8. The molecule has 0 saturated heterocycles. The van der Waals surface area contributed by atoms with Crippen molar-refractivity contribution in [1.82, 2.24) is 9.97 Å². The molecule has 0 saturated carbocycles. The first kappa shape index (κ1) is 26.6. The number of benzene rings is 1. The molecule has 0 N–H and O–H groups in total. The van der Waals surface area contributed by atoms with Gasteiger partial charge in [-0.2, -0.15) is 0 Å². The van der Waals surface area contributed by atoms with Crippen LogP contribution < -0.4 is 21.9 Å². The summed E-state index contributed by atoms with van der Waals surface area (Å²) in [6.07, 6.45) is 7.87. The number of nitrogens with zero attached hydrogens (tertiary/aromatic N) is 4. The smallest absolute Gasteiger partial charge is 0.205 e. The Balaban J connectivity index is 0.00000324. The third-order valence-electron chi connectivity index (χ3n) is 5.37. The van der Waals surface area contributed by atoms with E-state index in [2.05, 4.69) is 96.0 Å². The van der Waals surface area contributed by atoms with Gasteiger partial charge in [0.25, 0.3) is 0 Å². The van der Waals surface area contributed by atoms with Crippen LogP contribution in [0.25, 0.3) is 0 Å². The van der Waals surface area contributed by atoms with Gasteiger partial charge in [-0.1, -0.05) is 38.6 Å². The number of rotatable bonds is 7. The molecule has 34 heavy (non-hydrogen) atoms. The SMILES string of the molecule is COCN1c2cc(C[n+]3cccc(C(O[Si](C)C)C(C)(C)C)c3)ccc2Sc2nccnc21.[Cl-]. The van der Waals surface area contributed by atoms with Gasteiger partial charge in [-0.15, -0.1) is 0 Å². The fourth-order valence-corrected chi connectivity index (χ4v) is 5.95. The third kappa shape index (κ3) is 5.98. The fourth-order valence-electron chi connectivity index (χ4n) is 4.00. The first-order chi connectivity index (χ1) is 15.8. The molecular weight excluding hydrogens is 484 g/mol. The van der Waals surface area contributed by atoms with Gasteiger partial charge in [-0.25, -0.2) is 14.5 Å². The number of anilines is 2. The average molecular weight is 516 g/mol. The van der Waals surface area contributed by atoms with Crippen LogP contribution in [0.3, 0.4) is 0 Å². The predicted molar refractivity (Wildman–Crippen MR) is 133 cm³/mol. The van der Waals surface area contributed by atoms with Crippen LogP contribution in [0.5, 0.6) is 0 Å². The molecule has 0 bridgehead atoms. The molecule has 9 heteroatoms. The average Bonchev–Trinajstić information content (AvgIpc) is 2.77. The van der Waals surface area contributed by atoms with Crippen molar-refractivity contribution in [3.05, 3.63) is 66.2 Å². The van der Waals surface area contributed by atoms with Crippen LogP contribution >= 0.6 is 11.8 Å². The summed E-state index contributed by atoms with van der Waals surface area (Å²) < 4.78 is 14.1. The molecule has 1 aliphatic rings. The maximum Gasteiger partial charge on any atom is 0.205 e. The van der Waals surface area contributed by atoms with Crippen LogP contribution in [-0.4, -0.2) is 32.8 Å². The molecule has 0 amide bonds. The zero-order chi connectivity index (χ0) is 23.6. The molecule has 181 valence electrons. The quantitative estimate of drug-likeness (QED) is 0.356. The number of halogens is 1. The Kier molecular flexibility index (Phi) is 8.75. The van der Waals surface area contributed by atoms with E-state index in [1.807, 2.05) is 0 Å². The number of hydrogen-bond donors (Lipinski definition) is 0. The number of ether oxygens (including phenoxy) is 1. The standard InChI is InChI=1S/C25H32N4O2SSi.ClH/c1-25(2,3)22(31-33(5)6)19-8-7-13-28(16-19)15-18-9-10-21-20(14-18)29(17-30-4)23-24(32-21)27-12-11-26-23;/h7-14,16,22H,15,17H2,1-6H3;1H/q+1;/p-1. The van der Waals surface area contributed by atoms with Crippen LogP contribution in [0, 0.1) is 5.41 Å². The second-order valence-corrected chi connectivity index (χ2v) is 12.6. The molecule has 1 atom stereocenters. The Morgan fingerprint density at radius 2 is 1.91 bits per heavy atom. The first-order valence-corrected chi connectivity index (χ1v) is 14.3. The lowest BCUT2D eigenvalue weighted by molar-refractivity contribution is -0.689. The maximum absolute atomic E-state index is 6.41. The van der Waals surface area contributed by atoms with E-state index in [-0.39, 0.29) is 23.9 Å². The summed E-state index contributed by atoms with van der Waals surface area (Å²) in [5.41, 5.74) is 3.56. The molecule has 1 aromatic carbocycles. The van der Waals surface area contributed by atoms with Crippen molar-refractivity contribution in [2.45, 2.75) is 56.4 Å². The molecule has 1 radical (unpaired) electrons. The number of fused-ring (bicyclic) bond motifs is 2. The molecule has 2 aromatic heterocycles. The molecule has 1 unspecified atom stereocenters. The minimum Gasteiger partial charge on any atom is -1.00 e. The molecule has 0 aliphatic carbocycles.